The van der Waals surface area contributed by atoms with Gasteiger partial charge in [-0.25, -0.2) is 0 Å². The molecule has 0 bridgehead atoms. The normalized spacial score (nSPS) is 10.6. The number of aryl methyl sites for hydroxylation is 1. The zero-order valence-electron chi connectivity index (χ0n) is 10.0. The zero-order chi connectivity index (χ0) is 11.1. The molecule has 0 aliphatic carbocycles. The average Bonchev–Trinajstić information content (AvgIpc) is 2.17. The molecule has 0 aromatic heterocycles. The molecular formula is C14H20Ge. The van der Waals surface area contributed by atoms with Crippen LogP contribution in [0.1, 0.15) is 18.4 Å². The second kappa shape index (κ2) is 6.03. The fourth-order valence-corrected chi connectivity index (χ4v) is 2.73. The second-order valence-electron chi connectivity index (χ2n) is 4.89. The van der Waals surface area contributed by atoms with Crippen LogP contribution in [-0.2, 0) is 6.42 Å². The Morgan fingerprint density at radius 1 is 1.07 bits per heavy atom. The fourth-order valence-electron chi connectivity index (χ4n) is 1.35. The van der Waals surface area contributed by atoms with Crippen molar-refractivity contribution in [1.82, 2.24) is 0 Å². The van der Waals surface area contributed by atoms with Crippen LogP contribution in [0.5, 0.6) is 0 Å². The molecule has 0 unspecified atom stereocenters. The summed E-state index contributed by atoms with van der Waals surface area (Å²) in [5.74, 6) is 10.3. The van der Waals surface area contributed by atoms with Crippen LogP contribution in [0.2, 0.25) is 17.3 Å². The monoisotopic (exact) mass is 262 g/mol. The van der Waals surface area contributed by atoms with E-state index in [1.165, 1.54) is 12.0 Å². The summed E-state index contributed by atoms with van der Waals surface area (Å²) < 4.78 is 3.45. The summed E-state index contributed by atoms with van der Waals surface area (Å²) >= 11 is -1.60. The molecule has 0 N–H and O–H groups in total. The molecule has 15 heavy (non-hydrogen) atoms. The van der Waals surface area contributed by atoms with Crippen molar-refractivity contribution in [1.29, 1.82) is 0 Å². The minimum absolute atomic E-state index is 1.05. The summed E-state index contributed by atoms with van der Waals surface area (Å²) in [6.45, 7) is 0. The van der Waals surface area contributed by atoms with Gasteiger partial charge in [-0.3, -0.25) is 0 Å². The summed E-state index contributed by atoms with van der Waals surface area (Å²) in [6, 6.07) is 10.7. The van der Waals surface area contributed by atoms with Gasteiger partial charge in [-0.05, 0) is 0 Å². The molecule has 0 saturated carbocycles. The van der Waals surface area contributed by atoms with Crippen molar-refractivity contribution in [3.63, 3.8) is 0 Å². The van der Waals surface area contributed by atoms with Crippen molar-refractivity contribution in [2.24, 2.45) is 0 Å². The van der Waals surface area contributed by atoms with Crippen LogP contribution < -0.4 is 0 Å². The number of benzene rings is 1. The third-order valence-corrected chi connectivity index (χ3v) is 4.02. The van der Waals surface area contributed by atoms with E-state index in [1.807, 2.05) is 0 Å². The molecule has 0 saturated heterocycles. The summed E-state index contributed by atoms with van der Waals surface area (Å²) in [5.41, 5.74) is 1.43. The van der Waals surface area contributed by atoms with Crippen molar-refractivity contribution in [2.75, 3.05) is 0 Å². The zero-order valence-corrected chi connectivity index (χ0v) is 12.1. The first-order chi connectivity index (χ1) is 7.08. The van der Waals surface area contributed by atoms with E-state index in [4.69, 9.17) is 0 Å². The van der Waals surface area contributed by atoms with Gasteiger partial charge in [0.05, 0.1) is 0 Å². The molecular weight excluding hydrogens is 241 g/mol. The van der Waals surface area contributed by atoms with Crippen molar-refractivity contribution in [3.05, 3.63) is 35.9 Å². The molecule has 1 heteroatoms. The molecule has 0 aliphatic rings. The van der Waals surface area contributed by atoms with Crippen LogP contribution in [0.25, 0.3) is 0 Å². The van der Waals surface area contributed by atoms with E-state index in [0.717, 1.165) is 12.8 Å². The molecule has 0 spiro atoms. The number of hydrogen-bond donors (Lipinski definition) is 0. The Balaban J connectivity index is 2.25. The molecule has 1 rings (SSSR count). The molecule has 0 heterocycles. The Hall–Kier alpha value is -0.677. The number of rotatable bonds is 3. The minimum atomic E-state index is -1.60. The van der Waals surface area contributed by atoms with Gasteiger partial charge in [0.15, 0.2) is 0 Å². The van der Waals surface area contributed by atoms with E-state index in [1.54, 1.807) is 0 Å². The van der Waals surface area contributed by atoms with Crippen molar-refractivity contribution in [2.45, 2.75) is 36.5 Å². The molecule has 1 aromatic carbocycles. The maximum absolute atomic E-state index is 3.45. The molecule has 0 radical (unpaired) electrons. The molecule has 0 amide bonds. The van der Waals surface area contributed by atoms with Crippen molar-refractivity contribution in [3.8, 4) is 10.7 Å². The van der Waals surface area contributed by atoms with Crippen LogP contribution in [0.15, 0.2) is 30.3 Å². The van der Waals surface area contributed by atoms with Crippen LogP contribution in [0.3, 0.4) is 0 Å². The van der Waals surface area contributed by atoms with E-state index < -0.39 is 13.3 Å². The predicted octanol–water partition coefficient (Wildman–Crippen LogP) is 3.89. The molecule has 0 fully saturated rings. The van der Waals surface area contributed by atoms with Crippen LogP contribution >= 0.6 is 0 Å². The summed E-state index contributed by atoms with van der Waals surface area (Å²) in [5, 5.41) is 0. The van der Waals surface area contributed by atoms with E-state index in [0.29, 0.717) is 0 Å². The standard InChI is InChI=1S/C14H20Ge/c1-15(2,3)13-9-5-8-12-14-10-6-4-7-11-14/h4,6-7,10-11H,5,8,12H2,1-3H3. The fraction of sp³-hybridized carbons (Fsp3) is 0.429. The van der Waals surface area contributed by atoms with Gasteiger partial charge in [-0.1, -0.05) is 0 Å². The van der Waals surface area contributed by atoms with Crippen LogP contribution in [0, 0.1) is 10.7 Å². The third-order valence-electron chi connectivity index (χ3n) is 2.07. The first-order valence-corrected chi connectivity index (χ1v) is 13.0. The van der Waals surface area contributed by atoms with Gasteiger partial charge >= 0.3 is 96.4 Å². The van der Waals surface area contributed by atoms with Gasteiger partial charge in [0.1, 0.15) is 0 Å². The Labute approximate surface area is 96.5 Å². The van der Waals surface area contributed by atoms with E-state index in [2.05, 4.69) is 58.3 Å². The van der Waals surface area contributed by atoms with Crippen LogP contribution in [-0.4, -0.2) is 13.3 Å². The summed E-state index contributed by atoms with van der Waals surface area (Å²) in [6.07, 6.45) is 3.40. The van der Waals surface area contributed by atoms with Gasteiger partial charge in [0.2, 0.25) is 0 Å². The second-order valence-corrected chi connectivity index (χ2v) is 14.9. The van der Waals surface area contributed by atoms with Crippen molar-refractivity contribution < 1.29 is 0 Å². The summed E-state index contributed by atoms with van der Waals surface area (Å²) in [7, 11) is 0. The SMILES string of the molecule is [CH3][Ge]([CH3])([CH3])[C]#CCCCc1ccccc1. The van der Waals surface area contributed by atoms with Gasteiger partial charge in [0, 0.05) is 0 Å². The Morgan fingerprint density at radius 2 is 1.73 bits per heavy atom. The third kappa shape index (κ3) is 6.41. The van der Waals surface area contributed by atoms with Crippen molar-refractivity contribution >= 4 is 13.3 Å². The molecule has 1 aromatic rings. The van der Waals surface area contributed by atoms with Gasteiger partial charge < -0.3 is 0 Å². The summed E-state index contributed by atoms with van der Waals surface area (Å²) in [4.78, 5) is 0. The Kier molecular flexibility index (Phi) is 4.98. The van der Waals surface area contributed by atoms with E-state index in [9.17, 15) is 0 Å². The van der Waals surface area contributed by atoms with E-state index in [-0.39, 0.29) is 0 Å². The average molecular weight is 261 g/mol. The predicted molar refractivity (Wildman–Crippen MR) is 70.5 cm³/mol. The van der Waals surface area contributed by atoms with Gasteiger partial charge in [-0.2, -0.15) is 0 Å². The van der Waals surface area contributed by atoms with Gasteiger partial charge in [0.25, 0.3) is 0 Å². The molecule has 0 nitrogen and oxygen atoms in total. The Bertz CT molecular complexity index is 335. The first-order valence-electron chi connectivity index (χ1n) is 5.62. The topological polar surface area (TPSA) is 0 Å². The molecule has 0 atom stereocenters. The molecule has 80 valence electrons. The molecule has 0 aliphatic heterocycles. The van der Waals surface area contributed by atoms with E-state index >= 15 is 0 Å². The number of hydrogen-bond acceptors (Lipinski definition) is 0. The first kappa shape index (κ1) is 12.4. The van der Waals surface area contributed by atoms with Gasteiger partial charge in [-0.15, -0.1) is 0 Å². The maximum atomic E-state index is 3.45. The van der Waals surface area contributed by atoms with Crippen LogP contribution in [0.4, 0.5) is 0 Å². The number of unbranched alkanes of at least 4 members (excludes halogenated alkanes) is 1. The quantitative estimate of drug-likeness (QED) is 0.440. The Morgan fingerprint density at radius 3 is 2.33 bits per heavy atom.